The molecule has 4 rings (SSSR count). The molecule has 2 aromatic rings. The van der Waals surface area contributed by atoms with Gasteiger partial charge in [-0.1, -0.05) is 64.5 Å². The molecule has 1 aromatic heterocycles. The summed E-state index contributed by atoms with van der Waals surface area (Å²) in [5.41, 5.74) is 2.45. The van der Waals surface area contributed by atoms with Gasteiger partial charge in [0.15, 0.2) is 5.13 Å². The third-order valence-electron chi connectivity index (χ3n) is 6.26. The van der Waals surface area contributed by atoms with Crippen LogP contribution in [0.25, 0.3) is 0 Å². The Morgan fingerprint density at radius 2 is 2.06 bits per heavy atom. The molecule has 2 aliphatic carbocycles. The molecule has 1 aromatic carbocycles. The molecular formula is C26H28BrClN2OS. The minimum atomic E-state index is -0.787. The van der Waals surface area contributed by atoms with E-state index in [1.165, 1.54) is 18.4 Å². The number of allylic oxidation sites excluding steroid dienone is 2. The van der Waals surface area contributed by atoms with Gasteiger partial charge in [-0.3, -0.25) is 0 Å². The number of aromatic nitrogens is 1. The highest BCUT2D eigenvalue weighted by molar-refractivity contribution is 9.10. The average molecular weight is 532 g/mol. The van der Waals surface area contributed by atoms with Crippen LogP contribution in [0.2, 0.25) is 0 Å². The number of benzene rings is 1. The lowest BCUT2D eigenvalue weighted by molar-refractivity contribution is 0.0294. The Labute approximate surface area is 208 Å². The van der Waals surface area contributed by atoms with Gasteiger partial charge in [-0.15, -0.1) is 29.4 Å². The number of aryl methyl sites for hydroxylation is 1. The van der Waals surface area contributed by atoms with Gasteiger partial charge in [0, 0.05) is 16.5 Å². The lowest BCUT2D eigenvalue weighted by atomic mass is 9.87. The quantitative estimate of drug-likeness (QED) is 0.267. The first-order valence-electron chi connectivity index (χ1n) is 10.9. The van der Waals surface area contributed by atoms with Crippen LogP contribution in [0.4, 0.5) is 5.13 Å². The van der Waals surface area contributed by atoms with E-state index >= 15 is 0 Å². The minimum Gasteiger partial charge on any atom is -0.366 e. The molecule has 3 atom stereocenters. The number of nitrogens with zero attached hydrogens (tertiary/aromatic N) is 2. The second-order valence-corrected chi connectivity index (χ2v) is 11.2. The molecule has 1 fully saturated rings. The average Bonchev–Trinajstić information content (AvgIpc) is 3.52. The van der Waals surface area contributed by atoms with E-state index in [-0.39, 0.29) is 11.4 Å². The molecular weight excluding hydrogens is 504 g/mol. The fourth-order valence-electron chi connectivity index (χ4n) is 4.39. The van der Waals surface area contributed by atoms with Crippen LogP contribution in [0.1, 0.15) is 48.4 Å². The van der Waals surface area contributed by atoms with E-state index in [4.69, 9.17) is 27.7 Å². The van der Waals surface area contributed by atoms with Gasteiger partial charge in [0.25, 0.3) is 0 Å². The zero-order chi connectivity index (χ0) is 22.9. The van der Waals surface area contributed by atoms with Crippen LogP contribution in [-0.2, 0) is 10.3 Å². The number of alkyl halides is 1. The van der Waals surface area contributed by atoms with Gasteiger partial charge >= 0.3 is 0 Å². The second-order valence-electron chi connectivity index (χ2n) is 8.63. The lowest BCUT2D eigenvalue weighted by Gasteiger charge is -2.34. The van der Waals surface area contributed by atoms with Gasteiger partial charge in [-0.2, -0.15) is 0 Å². The van der Waals surface area contributed by atoms with E-state index in [0.717, 1.165) is 38.1 Å². The second kappa shape index (κ2) is 9.73. The summed E-state index contributed by atoms with van der Waals surface area (Å²) in [6.45, 7) is 4.64. The fraction of sp³-hybridized carbons (Fsp3) is 0.423. The van der Waals surface area contributed by atoms with E-state index in [0.29, 0.717) is 6.54 Å². The number of thiazole rings is 1. The van der Waals surface area contributed by atoms with Crippen molar-refractivity contribution in [3.05, 3.63) is 68.7 Å². The number of ether oxygens (including phenoxy) is 1. The summed E-state index contributed by atoms with van der Waals surface area (Å²) in [5.74, 6) is 3.62. The van der Waals surface area contributed by atoms with Crippen molar-refractivity contribution >= 4 is 44.0 Å². The molecule has 1 saturated carbocycles. The van der Waals surface area contributed by atoms with Crippen molar-refractivity contribution in [1.29, 1.82) is 0 Å². The fourth-order valence-corrected chi connectivity index (χ4v) is 6.00. The van der Waals surface area contributed by atoms with Crippen LogP contribution in [0.15, 0.2) is 52.5 Å². The van der Waals surface area contributed by atoms with Gasteiger partial charge in [-0.25, -0.2) is 4.98 Å². The molecule has 3 nitrogen and oxygen atoms in total. The molecule has 168 valence electrons. The molecule has 0 spiro atoms. The standard InChI is InChI=1S/C26H28BrClN2OS/c1-5-14-30(22(15-19-7-8-19)20-9-11-21(27)12-10-20)25-29-24(18(3)32-25)26(31-4)16-17(2)6-13-23(26)28/h1,6,9-13,16,19,22-23H,7-8,14-15H2,2-4H3/t22-,23?,26?/m0/s1. The van der Waals surface area contributed by atoms with Crippen LogP contribution in [0.5, 0.6) is 0 Å². The molecule has 0 amide bonds. The smallest absolute Gasteiger partial charge is 0.187 e. The number of halogens is 2. The summed E-state index contributed by atoms with van der Waals surface area (Å²) >= 11 is 12.0. The Balaban J connectivity index is 1.76. The zero-order valence-electron chi connectivity index (χ0n) is 18.6. The Hall–Kier alpha value is -1.58. The molecule has 6 heteroatoms. The molecule has 0 bridgehead atoms. The molecule has 2 unspecified atom stereocenters. The Morgan fingerprint density at radius 1 is 1.34 bits per heavy atom. The zero-order valence-corrected chi connectivity index (χ0v) is 21.8. The van der Waals surface area contributed by atoms with E-state index in [9.17, 15) is 0 Å². The molecule has 0 radical (unpaired) electrons. The normalized spacial score (nSPS) is 23.5. The highest BCUT2D eigenvalue weighted by Gasteiger charge is 2.43. The summed E-state index contributed by atoms with van der Waals surface area (Å²) in [6.07, 6.45) is 15.6. The number of methoxy groups -OCH3 is 1. The number of hydrogen-bond acceptors (Lipinski definition) is 4. The van der Waals surface area contributed by atoms with Crippen LogP contribution < -0.4 is 4.90 Å². The van der Waals surface area contributed by atoms with Crippen molar-refractivity contribution in [3.63, 3.8) is 0 Å². The monoisotopic (exact) mass is 530 g/mol. The summed E-state index contributed by atoms with van der Waals surface area (Å²) < 4.78 is 7.11. The molecule has 0 saturated heterocycles. The van der Waals surface area contributed by atoms with Crippen molar-refractivity contribution < 1.29 is 4.74 Å². The van der Waals surface area contributed by atoms with Gasteiger partial charge in [0.2, 0.25) is 0 Å². The Morgan fingerprint density at radius 3 is 2.69 bits per heavy atom. The predicted octanol–water partition coefficient (Wildman–Crippen LogP) is 7.16. The Kier molecular flexibility index (Phi) is 7.17. The lowest BCUT2D eigenvalue weighted by Crippen LogP contribution is -2.38. The van der Waals surface area contributed by atoms with Gasteiger partial charge in [-0.05, 0) is 50.0 Å². The number of rotatable bonds is 8. The van der Waals surface area contributed by atoms with Crippen molar-refractivity contribution in [2.75, 3.05) is 18.6 Å². The first kappa shape index (κ1) is 23.6. The third kappa shape index (κ3) is 4.70. The van der Waals surface area contributed by atoms with Crippen molar-refractivity contribution in [3.8, 4) is 12.3 Å². The van der Waals surface area contributed by atoms with Crippen molar-refractivity contribution in [2.24, 2.45) is 5.92 Å². The molecule has 0 N–H and O–H groups in total. The SMILES string of the molecule is C#CCN(c1nc(C2(OC)C=C(C)C=CC2Cl)c(C)s1)[C@@H](CC1CC1)c1ccc(Br)cc1. The number of terminal acetylenes is 1. The first-order chi connectivity index (χ1) is 15.4. The van der Waals surface area contributed by atoms with Crippen LogP contribution in [0.3, 0.4) is 0 Å². The van der Waals surface area contributed by atoms with E-state index in [2.05, 4.69) is 70.9 Å². The van der Waals surface area contributed by atoms with E-state index < -0.39 is 5.60 Å². The first-order valence-corrected chi connectivity index (χ1v) is 12.9. The van der Waals surface area contributed by atoms with Crippen LogP contribution in [-0.4, -0.2) is 24.0 Å². The highest BCUT2D eigenvalue weighted by atomic mass is 79.9. The third-order valence-corrected chi connectivity index (χ3v) is 8.27. The maximum atomic E-state index is 6.77. The molecule has 2 aliphatic rings. The molecule has 0 aliphatic heterocycles. The summed E-state index contributed by atoms with van der Waals surface area (Å²) in [7, 11) is 1.70. The number of hydrogen-bond donors (Lipinski definition) is 0. The maximum absolute atomic E-state index is 6.77. The minimum absolute atomic E-state index is 0.180. The van der Waals surface area contributed by atoms with Crippen LogP contribution in [0, 0.1) is 25.2 Å². The molecule has 1 heterocycles. The van der Waals surface area contributed by atoms with Crippen LogP contribution >= 0.6 is 38.9 Å². The Bertz CT molecular complexity index is 1070. The van der Waals surface area contributed by atoms with E-state index in [1.807, 2.05) is 12.2 Å². The number of anilines is 1. The van der Waals surface area contributed by atoms with E-state index in [1.54, 1.807) is 18.4 Å². The summed E-state index contributed by atoms with van der Waals surface area (Å²) in [4.78, 5) is 8.50. The molecule has 32 heavy (non-hydrogen) atoms. The van der Waals surface area contributed by atoms with Crippen molar-refractivity contribution in [2.45, 2.75) is 50.1 Å². The highest BCUT2D eigenvalue weighted by Crippen LogP contribution is 2.46. The maximum Gasteiger partial charge on any atom is 0.187 e. The van der Waals surface area contributed by atoms with Crippen molar-refractivity contribution in [1.82, 2.24) is 4.98 Å². The van der Waals surface area contributed by atoms with Gasteiger partial charge < -0.3 is 9.64 Å². The summed E-state index contributed by atoms with van der Waals surface area (Å²) in [5, 5.41) is 0.588. The van der Waals surface area contributed by atoms with Gasteiger partial charge in [0.05, 0.1) is 23.7 Å². The summed E-state index contributed by atoms with van der Waals surface area (Å²) in [6, 6.07) is 8.75. The predicted molar refractivity (Wildman–Crippen MR) is 138 cm³/mol. The van der Waals surface area contributed by atoms with Gasteiger partial charge in [0.1, 0.15) is 5.60 Å². The topological polar surface area (TPSA) is 25.4 Å². The largest absolute Gasteiger partial charge is 0.366 e.